The van der Waals surface area contributed by atoms with Gasteiger partial charge in [-0.15, -0.1) is 0 Å². The lowest BCUT2D eigenvalue weighted by molar-refractivity contribution is 0.104. The van der Waals surface area contributed by atoms with Crippen LogP contribution in [0.25, 0.3) is 0 Å². The van der Waals surface area contributed by atoms with Gasteiger partial charge < -0.3 is 9.47 Å². The molecule has 3 heteroatoms. The van der Waals surface area contributed by atoms with Crippen molar-refractivity contribution in [3.05, 3.63) is 59.7 Å². The highest BCUT2D eigenvalue weighted by molar-refractivity contribution is 6.06. The van der Waals surface area contributed by atoms with Crippen LogP contribution < -0.4 is 9.47 Å². The topological polar surface area (TPSA) is 35.5 Å². The van der Waals surface area contributed by atoms with Crippen molar-refractivity contribution < 1.29 is 14.3 Å². The fourth-order valence-electron chi connectivity index (χ4n) is 1.86. The number of rotatable bonds is 5. The molecule has 0 fully saturated rings. The number of ether oxygens (including phenoxy) is 2. The van der Waals surface area contributed by atoms with Gasteiger partial charge in [0, 0.05) is 6.07 Å². The maximum atomic E-state index is 12.1. The van der Waals surface area contributed by atoms with Crippen LogP contribution in [0.5, 0.6) is 11.5 Å². The van der Waals surface area contributed by atoms with Gasteiger partial charge in [0.2, 0.25) is 0 Å². The second-order valence-electron chi connectivity index (χ2n) is 4.11. The lowest BCUT2D eigenvalue weighted by Crippen LogP contribution is -1.99. The average molecular weight is 256 g/mol. The number of methoxy groups -OCH3 is 2. The van der Waals surface area contributed by atoms with E-state index < -0.39 is 0 Å². The van der Waals surface area contributed by atoms with Gasteiger partial charge in [0.15, 0.2) is 5.78 Å². The van der Waals surface area contributed by atoms with Crippen LogP contribution >= 0.6 is 0 Å². The highest BCUT2D eigenvalue weighted by Gasteiger charge is 2.10. The fraction of sp³-hybridized carbons (Fsp3) is 0.188. The van der Waals surface area contributed by atoms with E-state index in [2.05, 4.69) is 12.2 Å². The van der Waals surface area contributed by atoms with Crippen LogP contribution in [0.3, 0.4) is 0 Å². The zero-order valence-corrected chi connectivity index (χ0v) is 11.1. The van der Waals surface area contributed by atoms with Gasteiger partial charge in [-0.1, -0.05) is 24.3 Å². The van der Waals surface area contributed by atoms with Crippen molar-refractivity contribution in [2.75, 3.05) is 14.2 Å². The molecule has 0 spiro atoms. The second-order valence-corrected chi connectivity index (χ2v) is 4.11. The molecule has 0 saturated heterocycles. The van der Waals surface area contributed by atoms with Crippen LogP contribution in [-0.2, 0) is 0 Å². The van der Waals surface area contributed by atoms with Gasteiger partial charge in [0.25, 0.3) is 0 Å². The summed E-state index contributed by atoms with van der Waals surface area (Å²) in [7, 11) is 3.12. The lowest BCUT2D eigenvalue weighted by atomic mass is 10.1. The number of allylic oxidation sites excluding steroid dienone is 6. The molecule has 1 aliphatic rings. The van der Waals surface area contributed by atoms with E-state index in [0.29, 0.717) is 17.1 Å². The fourth-order valence-corrected chi connectivity index (χ4v) is 1.86. The van der Waals surface area contributed by atoms with Gasteiger partial charge >= 0.3 is 0 Å². The molecule has 0 radical (unpaired) electrons. The van der Waals surface area contributed by atoms with Crippen molar-refractivity contribution >= 4 is 5.78 Å². The second kappa shape index (κ2) is 6.05. The number of carbonyl (C=O) groups is 1. The first-order chi connectivity index (χ1) is 9.24. The van der Waals surface area contributed by atoms with E-state index in [0.717, 1.165) is 12.0 Å². The third kappa shape index (κ3) is 3.13. The molecule has 0 heterocycles. The molecule has 0 aromatic heterocycles. The van der Waals surface area contributed by atoms with Crippen molar-refractivity contribution in [1.82, 2.24) is 0 Å². The Morgan fingerprint density at radius 3 is 2.74 bits per heavy atom. The average Bonchev–Trinajstić information content (AvgIpc) is 2.97. The van der Waals surface area contributed by atoms with E-state index in [1.54, 1.807) is 31.4 Å². The van der Waals surface area contributed by atoms with Crippen LogP contribution in [0, 0.1) is 0 Å². The Balaban J connectivity index is 2.20. The third-order valence-electron chi connectivity index (χ3n) is 2.90. The number of ketones is 1. The summed E-state index contributed by atoms with van der Waals surface area (Å²) in [6, 6.07) is 5.16. The number of carbonyl (C=O) groups excluding carboxylic acids is 1. The quantitative estimate of drug-likeness (QED) is 0.599. The standard InChI is InChI=1S/C16H16O3/c1-18-13-8-9-14(16(11-13)19-2)15(17)10-7-12-5-3-4-6-12/h3,5-11H,4H2,1-2H3/b10-7+. The van der Waals surface area contributed by atoms with Crippen LogP contribution in [0.15, 0.2) is 54.2 Å². The largest absolute Gasteiger partial charge is 0.497 e. The molecular weight excluding hydrogens is 240 g/mol. The summed E-state index contributed by atoms with van der Waals surface area (Å²) in [5, 5.41) is 0. The summed E-state index contributed by atoms with van der Waals surface area (Å²) in [5.74, 6) is 1.10. The van der Waals surface area contributed by atoms with Gasteiger partial charge in [0.1, 0.15) is 11.5 Å². The Bertz CT molecular complexity index is 565. The minimum Gasteiger partial charge on any atom is -0.497 e. The third-order valence-corrected chi connectivity index (χ3v) is 2.90. The minimum atomic E-state index is -0.0827. The SMILES string of the molecule is COc1ccc(C(=O)/C=C/C2=CCC=C2)c(OC)c1. The summed E-state index contributed by atoms with van der Waals surface area (Å²) >= 11 is 0. The first-order valence-corrected chi connectivity index (χ1v) is 6.05. The van der Waals surface area contributed by atoms with E-state index >= 15 is 0 Å². The van der Waals surface area contributed by atoms with Crippen LogP contribution in [-0.4, -0.2) is 20.0 Å². The first-order valence-electron chi connectivity index (χ1n) is 6.05. The van der Waals surface area contributed by atoms with E-state index in [4.69, 9.17) is 9.47 Å². The maximum absolute atomic E-state index is 12.1. The monoisotopic (exact) mass is 256 g/mol. The molecule has 0 amide bonds. The smallest absolute Gasteiger partial charge is 0.189 e. The summed E-state index contributed by atoms with van der Waals surface area (Å²) < 4.78 is 10.3. The van der Waals surface area contributed by atoms with Crippen LogP contribution in [0.2, 0.25) is 0 Å². The van der Waals surface area contributed by atoms with Crippen molar-refractivity contribution in [3.63, 3.8) is 0 Å². The number of hydrogen-bond acceptors (Lipinski definition) is 3. The van der Waals surface area contributed by atoms with Crippen LogP contribution in [0.1, 0.15) is 16.8 Å². The normalized spacial score (nSPS) is 13.7. The number of benzene rings is 1. The molecule has 1 aromatic rings. The highest BCUT2D eigenvalue weighted by atomic mass is 16.5. The predicted octanol–water partition coefficient (Wildman–Crippen LogP) is 3.33. The van der Waals surface area contributed by atoms with Crippen molar-refractivity contribution in [1.29, 1.82) is 0 Å². The molecule has 0 unspecified atom stereocenters. The molecule has 0 atom stereocenters. The Morgan fingerprint density at radius 2 is 2.11 bits per heavy atom. The Hall–Kier alpha value is -2.29. The zero-order chi connectivity index (χ0) is 13.7. The Labute approximate surface area is 112 Å². The lowest BCUT2D eigenvalue weighted by Gasteiger charge is -2.07. The van der Waals surface area contributed by atoms with Gasteiger partial charge in [-0.3, -0.25) is 4.79 Å². The Morgan fingerprint density at radius 1 is 1.26 bits per heavy atom. The van der Waals surface area contributed by atoms with E-state index in [1.165, 1.54) is 7.11 Å². The van der Waals surface area contributed by atoms with Crippen molar-refractivity contribution in [2.24, 2.45) is 0 Å². The van der Waals surface area contributed by atoms with Gasteiger partial charge in [-0.05, 0) is 30.2 Å². The molecule has 19 heavy (non-hydrogen) atoms. The summed E-state index contributed by atoms with van der Waals surface area (Å²) in [4.78, 5) is 12.1. The Kier molecular flexibility index (Phi) is 4.18. The van der Waals surface area contributed by atoms with E-state index in [-0.39, 0.29) is 5.78 Å². The molecule has 0 aliphatic heterocycles. The molecule has 1 aromatic carbocycles. The summed E-state index contributed by atoms with van der Waals surface area (Å²) in [6.07, 6.45) is 10.4. The van der Waals surface area contributed by atoms with Crippen molar-refractivity contribution in [3.8, 4) is 11.5 Å². The van der Waals surface area contributed by atoms with Gasteiger partial charge in [-0.25, -0.2) is 0 Å². The van der Waals surface area contributed by atoms with Gasteiger partial charge in [0.05, 0.1) is 19.8 Å². The molecular formula is C16H16O3. The zero-order valence-electron chi connectivity index (χ0n) is 11.1. The summed E-state index contributed by atoms with van der Waals surface area (Å²) in [6.45, 7) is 0. The van der Waals surface area contributed by atoms with E-state index in [1.807, 2.05) is 12.2 Å². The summed E-state index contributed by atoms with van der Waals surface area (Å²) in [5.41, 5.74) is 1.59. The molecule has 0 N–H and O–H groups in total. The van der Waals surface area contributed by atoms with E-state index in [9.17, 15) is 4.79 Å². The predicted molar refractivity (Wildman–Crippen MR) is 74.9 cm³/mol. The maximum Gasteiger partial charge on any atom is 0.189 e. The van der Waals surface area contributed by atoms with Crippen molar-refractivity contribution in [2.45, 2.75) is 6.42 Å². The molecule has 2 rings (SSSR count). The molecule has 3 nitrogen and oxygen atoms in total. The number of hydrogen-bond donors (Lipinski definition) is 0. The molecule has 0 bridgehead atoms. The highest BCUT2D eigenvalue weighted by Crippen LogP contribution is 2.25. The minimum absolute atomic E-state index is 0.0827. The molecule has 0 saturated carbocycles. The van der Waals surface area contributed by atoms with Gasteiger partial charge in [-0.2, -0.15) is 0 Å². The molecule has 98 valence electrons. The first kappa shape index (κ1) is 13.1. The molecule has 1 aliphatic carbocycles. The van der Waals surface area contributed by atoms with Crippen LogP contribution in [0.4, 0.5) is 0 Å².